The lowest BCUT2D eigenvalue weighted by Gasteiger charge is -2.27. The van der Waals surface area contributed by atoms with E-state index in [1.807, 2.05) is 0 Å². The molecule has 1 atom stereocenters. The molecule has 0 aromatic heterocycles. The quantitative estimate of drug-likeness (QED) is 0.0783. The smallest absolute Gasteiger partial charge is 0.228 e. The van der Waals surface area contributed by atoms with E-state index < -0.39 is 9.96 Å². The summed E-state index contributed by atoms with van der Waals surface area (Å²) in [5.74, 6) is -0.569. The van der Waals surface area contributed by atoms with Gasteiger partial charge in [0.1, 0.15) is 12.0 Å². The average molecular weight is 555 g/mol. The Morgan fingerprint density at radius 2 is 1.32 bits per heavy atom. The van der Waals surface area contributed by atoms with Crippen molar-refractivity contribution < 1.29 is 9.18 Å². The van der Waals surface area contributed by atoms with E-state index in [1.165, 1.54) is 88.5 Å². The maximum Gasteiger partial charge on any atom is 0.228 e. The number of hydrogen-bond donors (Lipinski definition) is 3. The molecule has 1 amide bonds. The van der Waals surface area contributed by atoms with Crippen LogP contribution < -0.4 is 16.0 Å². The molecule has 1 unspecified atom stereocenters. The zero-order valence-corrected chi connectivity index (χ0v) is 23.2. The first-order valence-corrected chi connectivity index (χ1v) is 14.0. The first-order chi connectivity index (χ1) is 16.2. The Morgan fingerprint density at radius 3 is 1.79 bits per heavy atom. The summed E-state index contributed by atoms with van der Waals surface area (Å²) in [6.07, 6.45) is 15.5. The molecule has 1 aromatic carbocycles. The molecule has 3 N–H and O–H groups in total. The molecule has 1 aromatic rings. The molecule has 0 radical (unpaired) electrons. The van der Waals surface area contributed by atoms with Crippen LogP contribution in [0.5, 0.6) is 0 Å². The summed E-state index contributed by atoms with van der Waals surface area (Å²) in [4.78, 5) is 12.3. The van der Waals surface area contributed by atoms with Gasteiger partial charge in [-0.25, -0.2) is 4.39 Å². The predicted octanol–water partition coefficient (Wildman–Crippen LogP) is 8.41. The number of alkyl halides is 3. The van der Waals surface area contributed by atoms with Crippen molar-refractivity contribution in [3.05, 3.63) is 30.1 Å². The topological polar surface area (TPSA) is 53.2 Å². The Kier molecular flexibility index (Phi) is 16.9. The second kappa shape index (κ2) is 18.4. The standard InChI is InChI=1S/C25H39Cl3FN3OS/c1-2-3-4-5-6-7-8-9-10-11-12-13-14-15-22(33)31-23(25(26,27)28)32-24(34)30-21-18-16-20(29)17-19-21/h16-19,23H,2-15H2,1H3,(H,31,33)(H2,30,32,34). The van der Waals surface area contributed by atoms with Gasteiger partial charge < -0.3 is 16.0 Å². The van der Waals surface area contributed by atoms with Crippen LogP contribution in [0.2, 0.25) is 0 Å². The fraction of sp³-hybridized carbons (Fsp3) is 0.680. The Balaban J connectivity index is 2.17. The van der Waals surface area contributed by atoms with Gasteiger partial charge in [-0.15, -0.1) is 0 Å². The fourth-order valence-corrected chi connectivity index (χ4v) is 4.13. The monoisotopic (exact) mass is 553 g/mol. The van der Waals surface area contributed by atoms with Crippen LogP contribution in [0.15, 0.2) is 24.3 Å². The van der Waals surface area contributed by atoms with E-state index in [0.717, 1.165) is 19.3 Å². The molecule has 0 saturated carbocycles. The number of amides is 1. The number of nitrogens with one attached hydrogen (secondary N) is 3. The third-order valence-electron chi connectivity index (χ3n) is 5.52. The lowest BCUT2D eigenvalue weighted by molar-refractivity contribution is -0.122. The van der Waals surface area contributed by atoms with E-state index in [0.29, 0.717) is 12.1 Å². The molecule has 0 aliphatic rings. The Hall–Kier alpha value is -0.820. The molecule has 0 heterocycles. The van der Waals surface area contributed by atoms with Gasteiger partial charge in [0.05, 0.1) is 0 Å². The van der Waals surface area contributed by atoms with Crippen LogP contribution >= 0.6 is 47.0 Å². The minimum atomic E-state index is -1.81. The third-order valence-corrected chi connectivity index (χ3v) is 6.39. The van der Waals surface area contributed by atoms with E-state index in [2.05, 4.69) is 22.9 Å². The van der Waals surface area contributed by atoms with Crippen LogP contribution in [0.25, 0.3) is 0 Å². The van der Waals surface area contributed by atoms with Gasteiger partial charge in [0.25, 0.3) is 0 Å². The number of hydrogen-bond acceptors (Lipinski definition) is 2. The van der Waals surface area contributed by atoms with Gasteiger partial charge in [-0.05, 0) is 42.9 Å². The van der Waals surface area contributed by atoms with Gasteiger partial charge in [-0.2, -0.15) is 0 Å². The van der Waals surface area contributed by atoms with Crippen molar-refractivity contribution in [2.75, 3.05) is 5.32 Å². The molecule has 194 valence electrons. The van der Waals surface area contributed by atoms with Crippen molar-refractivity contribution in [3.8, 4) is 0 Å². The second-order valence-corrected chi connectivity index (χ2v) is 11.4. The molecule has 1 rings (SSSR count). The molecular formula is C25H39Cl3FN3OS. The lowest BCUT2D eigenvalue weighted by atomic mass is 10.0. The highest BCUT2D eigenvalue weighted by Gasteiger charge is 2.34. The van der Waals surface area contributed by atoms with E-state index in [4.69, 9.17) is 47.0 Å². The van der Waals surface area contributed by atoms with Crippen molar-refractivity contribution in [3.63, 3.8) is 0 Å². The summed E-state index contributed by atoms with van der Waals surface area (Å²) >= 11 is 23.3. The van der Waals surface area contributed by atoms with E-state index in [-0.39, 0.29) is 16.8 Å². The zero-order valence-electron chi connectivity index (χ0n) is 20.1. The molecule has 4 nitrogen and oxygen atoms in total. The van der Waals surface area contributed by atoms with Gasteiger partial charge in [-0.1, -0.05) is 119 Å². The van der Waals surface area contributed by atoms with E-state index in [9.17, 15) is 9.18 Å². The Morgan fingerprint density at radius 1 is 0.853 bits per heavy atom. The van der Waals surface area contributed by atoms with E-state index >= 15 is 0 Å². The summed E-state index contributed by atoms with van der Waals surface area (Å²) < 4.78 is 11.2. The molecule has 9 heteroatoms. The summed E-state index contributed by atoms with van der Waals surface area (Å²) in [6.45, 7) is 2.25. The first-order valence-electron chi connectivity index (χ1n) is 12.4. The van der Waals surface area contributed by atoms with Crippen molar-refractivity contribution in [2.24, 2.45) is 0 Å². The highest BCUT2D eigenvalue weighted by atomic mass is 35.6. The Labute approximate surface area is 225 Å². The number of halogens is 4. The second-order valence-electron chi connectivity index (χ2n) is 8.64. The van der Waals surface area contributed by atoms with Crippen LogP contribution in [0.1, 0.15) is 96.8 Å². The number of benzene rings is 1. The molecule has 0 saturated heterocycles. The van der Waals surface area contributed by atoms with Gasteiger partial charge in [0, 0.05) is 12.1 Å². The van der Waals surface area contributed by atoms with Gasteiger partial charge in [0.2, 0.25) is 9.70 Å². The number of rotatable bonds is 17. The molecule has 0 spiro atoms. The van der Waals surface area contributed by atoms with E-state index in [1.54, 1.807) is 0 Å². The fourth-order valence-electron chi connectivity index (χ4n) is 3.57. The maximum absolute atomic E-state index is 13.0. The van der Waals surface area contributed by atoms with Crippen LogP contribution in [0, 0.1) is 5.82 Å². The van der Waals surface area contributed by atoms with Gasteiger partial charge in [-0.3, -0.25) is 4.79 Å². The van der Waals surface area contributed by atoms with Gasteiger partial charge >= 0.3 is 0 Å². The minimum Gasteiger partial charge on any atom is -0.339 e. The Bertz CT molecular complexity index is 702. The molecule has 34 heavy (non-hydrogen) atoms. The number of carbonyl (C=O) groups excluding carboxylic acids is 1. The highest BCUT2D eigenvalue weighted by Crippen LogP contribution is 2.29. The largest absolute Gasteiger partial charge is 0.339 e. The maximum atomic E-state index is 13.0. The number of thiocarbonyl (C=S) groups is 1. The lowest BCUT2D eigenvalue weighted by Crippen LogP contribution is -2.56. The number of carbonyl (C=O) groups is 1. The summed E-state index contributed by atoms with van der Waals surface area (Å²) in [6, 6.07) is 5.66. The zero-order chi connectivity index (χ0) is 25.2. The van der Waals surface area contributed by atoms with Crippen molar-refractivity contribution >= 4 is 63.7 Å². The number of unbranched alkanes of at least 4 members (excludes halogenated alkanes) is 12. The van der Waals surface area contributed by atoms with Crippen molar-refractivity contribution in [1.29, 1.82) is 0 Å². The minimum absolute atomic E-state index is 0.143. The molecule has 0 bridgehead atoms. The van der Waals surface area contributed by atoms with Crippen LogP contribution in [0.3, 0.4) is 0 Å². The SMILES string of the molecule is CCCCCCCCCCCCCCCC(=O)NC(NC(=S)Nc1ccc(F)cc1)C(Cl)(Cl)Cl. The van der Waals surface area contributed by atoms with Gasteiger partial charge in [0.15, 0.2) is 5.11 Å². The summed E-state index contributed by atoms with van der Waals surface area (Å²) in [5, 5.41) is 8.50. The van der Waals surface area contributed by atoms with Crippen molar-refractivity contribution in [2.45, 2.75) is 107 Å². The average Bonchev–Trinajstić information content (AvgIpc) is 2.77. The number of anilines is 1. The van der Waals surface area contributed by atoms with Crippen LogP contribution in [-0.4, -0.2) is 21.0 Å². The van der Waals surface area contributed by atoms with Crippen molar-refractivity contribution in [1.82, 2.24) is 10.6 Å². The summed E-state index contributed by atoms with van der Waals surface area (Å²) in [5.41, 5.74) is 0.570. The van der Waals surface area contributed by atoms with Crippen LogP contribution in [0.4, 0.5) is 10.1 Å². The molecule has 0 fully saturated rings. The van der Waals surface area contributed by atoms with Crippen LogP contribution in [-0.2, 0) is 4.79 Å². The molecule has 0 aliphatic heterocycles. The predicted molar refractivity (Wildman–Crippen MR) is 148 cm³/mol. The molecule has 0 aliphatic carbocycles. The normalized spacial score (nSPS) is 12.3. The molecular weight excluding hydrogens is 516 g/mol. The summed E-state index contributed by atoms with van der Waals surface area (Å²) in [7, 11) is 0. The third kappa shape index (κ3) is 16.0. The highest BCUT2D eigenvalue weighted by molar-refractivity contribution is 7.80. The first kappa shape index (κ1) is 31.2.